The van der Waals surface area contributed by atoms with Crippen LogP contribution in [0.2, 0.25) is 0 Å². The van der Waals surface area contributed by atoms with Gasteiger partial charge in [0.1, 0.15) is 28.9 Å². The van der Waals surface area contributed by atoms with Crippen molar-refractivity contribution < 1.29 is 28.2 Å². The van der Waals surface area contributed by atoms with Crippen LogP contribution in [-0.4, -0.2) is 90.4 Å². The molecule has 0 aliphatic carbocycles. The number of amides is 3. The average molecular weight is 787 g/mol. The van der Waals surface area contributed by atoms with Gasteiger partial charge in [-0.15, -0.1) is 0 Å². The number of halogens is 1. The smallest absolute Gasteiger partial charge is 0.276 e. The maximum Gasteiger partial charge on any atom is 0.276 e. The second-order valence-corrected chi connectivity index (χ2v) is 15.1. The van der Waals surface area contributed by atoms with E-state index in [4.69, 9.17) is 9.47 Å². The standard InChI is InChI=1S/C42H55FN8O6/c1-50-26-33(31-24-46-49-40(31)42(50)55)28-20-36(56-2)32(37(21-28)57-3)23-44-25-39(53)45-16-8-6-4-5-7-9-17-51-18-14-27(15-19-51)30-11-10-29(22-34(30)43)47-35-12-13-38(52)48-41(35)54/h10-11,20-22,24,26-27,35,44,47H,4-9,12-19,23,25H2,1-3H3,(H,45,53)(H,46,49)(H,48,52,54). The molecule has 1 atom stereocenters. The molecule has 15 heteroatoms. The molecule has 306 valence electrons. The summed E-state index contributed by atoms with van der Waals surface area (Å²) in [5.74, 6) is 0.433. The van der Waals surface area contributed by atoms with E-state index in [-0.39, 0.29) is 48.0 Å². The number of unbranched alkanes of at least 4 members (excludes halogenated alkanes) is 5. The molecular weight excluding hydrogens is 732 g/mol. The summed E-state index contributed by atoms with van der Waals surface area (Å²) in [4.78, 5) is 51.0. The SMILES string of the molecule is COc1cc(-c2cn(C)c(=O)c3[nH]ncc23)cc(OC)c1CNCC(=O)NCCCCCCCCN1CCC(c2ccc(NC3CCC(=O)NC3=O)cc2F)CC1. The molecule has 14 nitrogen and oxygen atoms in total. The molecule has 2 saturated heterocycles. The molecule has 6 rings (SSSR count). The van der Waals surface area contributed by atoms with Crippen LogP contribution < -0.4 is 36.3 Å². The molecule has 2 aliphatic heterocycles. The summed E-state index contributed by atoms with van der Waals surface area (Å²) in [5, 5.41) is 19.2. The second kappa shape index (κ2) is 19.7. The number of anilines is 1. The molecule has 1 unspecified atom stereocenters. The number of nitrogens with zero attached hydrogens (tertiary/aromatic N) is 3. The molecule has 0 saturated carbocycles. The van der Waals surface area contributed by atoms with Crippen molar-refractivity contribution in [1.29, 1.82) is 0 Å². The van der Waals surface area contributed by atoms with Crippen molar-refractivity contribution in [3.05, 3.63) is 70.0 Å². The summed E-state index contributed by atoms with van der Waals surface area (Å²) in [6, 6.07) is 8.39. The van der Waals surface area contributed by atoms with E-state index in [9.17, 15) is 19.2 Å². The van der Waals surface area contributed by atoms with Gasteiger partial charge in [0, 0.05) is 55.0 Å². The number of methoxy groups -OCH3 is 2. The normalized spacial score (nSPS) is 16.5. The summed E-state index contributed by atoms with van der Waals surface area (Å²) in [7, 11) is 4.88. The number of aryl methyl sites for hydroxylation is 1. The highest BCUT2D eigenvalue weighted by molar-refractivity contribution is 6.01. The third-order valence-corrected chi connectivity index (χ3v) is 11.1. The van der Waals surface area contributed by atoms with Crippen molar-refractivity contribution in [2.75, 3.05) is 52.3 Å². The third kappa shape index (κ3) is 10.6. The summed E-state index contributed by atoms with van der Waals surface area (Å²) in [6.07, 6.45) is 12.5. The molecule has 0 spiro atoms. The number of imide groups is 1. The summed E-state index contributed by atoms with van der Waals surface area (Å²) in [5.41, 5.74) is 3.96. The summed E-state index contributed by atoms with van der Waals surface area (Å²) >= 11 is 0. The van der Waals surface area contributed by atoms with Crippen LogP contribution in [0.15, 0.2) is 47.5 Å². The minimum absolute atomic E-state index is 0.0672. The van der Waals surface area contributed by atoms with Crippen LogP contribution in [0.5, 0.6) is 11.5 Å². The van der Waals surface area contributed by atoms with Crippen LogP contribution in [0, 0.1) is 5.82 Å². The Balaban J connectivity index is 0.822. The number of benzene rings is 2. The molecule has 2 fully saturated rings. The molecule has 4 heterocycles. The zero-order valence-corrected chi connectivity index (χ0v) is 33.2. The van der Waals surface area contributed by atoms with Crippen molar-refractivity contribution in [2.45, 2.75) is 82.7 Å². The van der Waals surface area contributed by atoms with Crippen molar-refractivity contribution in [3.63, 3.8) is 0 Å². The van der Waals surface area contributed by atoms with Gasteiger partial charge in [-0.2, -0.15) is 5.10 Å². The van der Waals surface area contributed by atoms with Crippen molar-refractivity contribution in [2.24, 2.45) is 7.05 Å². The average Bonchev–Trinajstić information content (AvgIpc) is 3.71. The minimum Gasteiger partial charge on any atom is -0.496 e. The van der Waals surface area contributed by atoms with Crippen molar-refractivity contribution in [1.82, 2.24) is 35.6 Å². The molecule has 57 heavy (non-hydrogen) atoms. The Morgan fingerprint density at radius 3 is 2.39 bits per heavy atom. The molecule has 2 aromatic carbocycles. The van der Waals surface area contributed by atoms with Crippen molar-refractivity contribution >= 4 is 34.3 Å². The van der Waals surface area contributed by atoms with Gasteiger partial charge in [-0.1, -0.05) is 31.7 Å². The summed E-state index contributed by atoms with van der Waals surface area (Å²) in [6.45, 7) is 4.13. The van der Waals surface area contributed by atoms with Gasteiger partial charge in [-0.05, 0) is 93.0 Å². The number of H-pyrrole nitrogens is 1. The number of hydrogen-bond donors (Lipinski definition) is 5. The number of carbonyl (C=O) groups excluding carboxylic acids is 3. The third-order valence-electron chi connectivity index (χ3n) is 11.1. The first kappa shape index (κ1) is 41.4. The van der Waals surface area contributed by atoms with Gasteiger partial charge >= 0.3 is 0 Å². The van der Waals surface area contributed by atoms with E-state index in [1.54, 1.807) is 33.7 Å². The van der Waals surface area contributed by atoms with Gasteiger partial charge in [0.15, 0.2) is 0 Å². The zero-order chi connectivity index (χ0) is 40.3. The second-order valence-electron chi connectivity index (χ2n) is 15.1. The van der Waals surface area contributed by atoms with E-state index in [1.165, 1.54) is 17.1 Å². The van der Waals surface area contributed by atoms with E-state index in [0.29, 0.717) is 47.6 Å². The molecule has 4 aromatic rings. The number of likely N-dealkylation sites (tertiary alicyclic amines) is 1. The number of pyridine rings is 1. The monoisotopic (exact) mass is 786 g/mol. The molecule has 0 radical (unpaired) electrons. The quantitative estimate of drug-likeness (QED) is 0.0662. The number of aromatic amines is 1. The Bertz CT molecular complexity index is 2070. The lowest BCUT2D eigenvalue weighted by molar-refractivity contribution is -0.133. The molecule has 5 N–H and O–H groups in total. The highest BCUT2D eigenvalue weighted by Crippen LogP contribution is 2.37. The highest BCUT2D eigenvalue weighted by atomic mass is 19.1. The molecule has 2 aromatic heterocycles. The largest absolute Gasteiger partial charge is 0.496 e. The van der Waals surface area contributed by atoms with Gasteiger partial charge in [0.05, 0.1) is 27.0 Å². The fourth-order valence-corrected chi connectivity index (χ4v) is 7.90. The van der Waals surface area contributed by atoms with Crippen LogP contribution in [-0.2, 0) is 28.0 Å². The predicted molar refractivity (Wildman–Crippen MR) is 217 cm³/mol. The van der Waals surface area contributed by atoms with Gasteiger partial charge in [0.2, 0.25) is 17.7 Å². The van der Waals surface area contributed by atoms with Crippen LogP contribution in [0.3, 0.4) is 0 Å². The molecule has 0 bridgehead atoms. The van der Waals surface area contributed by atoms with E-state index in [0.717, 1.165) is 86.8 Å². The summed E-state index contributed by atoms with van der Waals surface area (Å²) < 4.78 is 28.0. The Labute approximate surface area is 332 Å². The first-order valence-corrected chi connectivity index (χ1v) is 20.0. The van der Waals surface area contributed by atoms with E-state index < -0.39 is 6.04 Å². The fourth-order valence-electron chi connectivity index (χ4n) is 7.90. The Hall–Kier alpha value is -5.28. The highest BCUT2D eigenvalue weighted by Gasteiger charge is 2.27. The fraction of sp³-hybridized carbons (Fsp3) is 0.500. The van der Waals surface area contributed by atoms with Crippen LogP contribution in [0.1, 0.15) is 81.3 Å². The van der Waals surface area contributed by atoms with E-state index in [1.807, 2.05) is 24.3 Å². The van der Waals surface area contributed by atoms with Crippen LogP contribution >= 0.6 is 0 Å². The molecular formula is C42H55FN8O6. The lowest BCUT2D eigenvalue weighted by atomic mass is 9.88. The number of piperidine rings is 2. The number of nitrogens with one attached hydrogen (secondary N) is 5. The predicted octanol–water partition coefficient (Wildman–Crippen LogP) is 4.73. The van der Waals surface area contributed by atoms with Crippen molar-refractivity contribution in [3.8, 4) is 22.6 Å². The van der Waals surface area contributed by atoms with Gasteiger partial charge in [-0.25, -0.2) is 4.39 Å². The number of carbonyl (C=O) groups is 3. The number of aromatic nitrogens is 3. The number of ether oxygens (including phenoxy) is 2. The zero-order valence-electron chi connectivity index (χ0n) is 33.2. The lowest BCUT2D eigenvalue weighted by Gasteiger charge is -2.32. The van der Waals surface area contributed by atoms with Gasteiger partial charge in [0.25, 0.3) is 5.56 Å². The Morgan fingerprint density at radius 1 is 0.965 bits per heavy atom. The van der Waals surface area contributed by atoms with Gasteiger partial charge in [-0.3, -0.25) is 29.6 Å². The number of hydrogen-bond acceptors (Lipinski definition) is 10. The molecule has 3 amide bonds. The van der Waals surface area contributed by atoms with Gasteiger partial charge < -0.3 is 34.9 Å². The lowest BCUT2D eigenvalue weighted by Crippen LogP contribution is -2.47. The number of fused-ring (bicyclic) bond motifs is 1. The van der Waals surface area contributed by atoms with Crippen LogP contribution in [0.25, 0.3) is 22.0 Å². The maximum atomic E-state index is 15.1. The molecule has 2 aliphatic rings. The topological polar surface area (TPSA) is 172 Å². The minimum atomic E-state index is -0.532. The first-order valence-electron chi connectivity index (χ1n) is 20.0. The number of rotatable bonds is 19. The van der Waals surface area contributed by atoms with Crippen LogP contribution in [0.4, 0.5) is 10.1 Å². The Morgan fingerprint density at radius 2 is 1.68 bits per heavy atom. The van der Waals surface area contributed by atoms with E-state index >= 15 is 4.39 Å². The first-order chi connectivity index (χ1) is 27.6. The Kier molecular flexibility index (Phi) is 14.3. The van der Waals surface area contributed by atoms with E-state index in [2.05, 4.69) is 36.4 Å². The maximum absolute atomic E-state index is 15.1.